The van der Waals surface area contributed by atoms with Crippen LogP contribution in [0.5, 0.6) is 11.5 Å². The zero-order valence-electron chi connectivity index (χ0n) is 19.4. The number of benzene rings is 3. The van der Waals surface area contributed by atoms with Crippen molar-refractivity contribution in [1.82, 2.24) is 0 Å². The quantitative estimate of drug-likeness (QED) is 0.454. The van der Waals surface area contributed by atoms with Gasteiger partial charge in [-0.15, -0.1) is 0 Å². The number of aryl methyl sites for hydroxylation is 1. The van der Waals surface area contributed by atoms with Crippen molar-refractivity contribution in [2.75, 3.05) is 0 Å². The van der Waals surface area contributed by atoms with Gasteiger partial charge < -0.3 is 18.9 Å². The summed E-state index contributed by atoms with van der Waals surface area (Å²) in [5.41, 5.74) is 9.27. The molecule has 0 N–H and O–H groups in total. The lowest BCUT2D eigenvalue weighted by molar-refractivity contribution is -0.175. The average molecular weight is 445 g/mol. The fourth-order valence-corrected chi connectivity index (χ4v) is 4.85. The van der Waals surface area contributed by atoms with Crippen LogP contribution in [0.15, 0.2) is 48.5 Å². The van der Waals surface area contributed by atoms with Crippen molar-refractivity contribution in [2.24, 2.45) is 0 Å². The van der Waals surface area contributed by atoms with Crippen LogP contribution in [-0.4, -0.2) is 12.1 Å². The van der Waals surface area contributed by atoms with Gasteiger partial charge in [-0.2, -0.15) is 0 Å². The maximum Gasteiger partial charge on any atom is 0.305 e. The van der Waals surface area contributed by atoms with Crippen molar-refractivity contribution in [2.45, 2.75) is 59.7 Å². The molecule has 0 radical (unpaired) electrons. The molecule has 0 bridgehead atoms. The lowest BCUT2D eigenvalue weighted by atomic mass is 9.90. The van der Waals surface area contributed by atoms with Gasteiger partial charge in [0.15, 0.2) is 0 Å². The summed E-state index contributed by atoms with van der Waals surface area (Å²) in [7, 11) is 0. The molecule has 0 saturated heterocycles. The molecule has 0 aromatic heterocycles. The van der Waals surface area contributed by atoms with E-state index in [0.29, 0.717) is 13.2 Å². The highest BCUT2D eigenvalue weighted by molar-refractivity contribution is 5.75. The third kappa shape index (κ3) is 4.21. The summed E-state index contributed by atoms with van der Waals surface area (Å²) in [6, 6.07) is 16.4. The summed E-state index contributed by atoms with van der Waals surface area (Å²) in [6.45, 7) is 8.71. The van der Waals surface area contributed by atoms with E-state index in [0.717, 1.165) is 34.6 Å². The zero-order valence-corrected chi connectivity index (χ0v) is 19.4. The third-order valence-electron chi connectivity index (χ3n) is 6.34. The normalized spacial score (nSPS) is 18.4. The third-order valence-corrected chi connectivity index (χ3v) is 6.34. The molecule has 0 amide bonds. The molecule has 2 atom stereocenters. The Kier molecular flexibility index (Phi) is 5.59. The van der Waals surface area contributed by atoms with Crippen LogP contribution in [0, 0.1) is 13.8 Å². The second-order valence-electron chi connectivity index (χ2n) is 8.90. The minimum atomic E-state index is -0.629. The van der Waals surface area contributed by atoms with Crippen LogP contribution in [0.1, 0.15) is 53.5 Å². The second-order valence-corrected chi connectivity index (χ2v) is 8.90. The van der Waals surface area contributed by atoms with E-state index in [1.165, 1.54) is 34.7 Å². The zero-order chi connectivity index (χ0) is 23.1. The molecule has 33 heavy (non-hydrogen) atoms. The molecule has 5 nitrogen and oxygen atoms in total. The Morgan fingerprint density at radius 3 is 2.79 bits per heavy atom. The summed E-state index contributed by atoms with van der Waals surface area (Å²) in [5.74, 6) is 1.43. The van der Waals surface area contributed by atoms with Gasteiger partial charge in [-0.25, -0.2) is 0 Å². The fraction of sp³-hybridized carbons (Fsp3) is 0.321. The molecular formula is C28H28O5. The van der Waals surface area contributed by atoms with Crippen LogP contribution in [0.3, 0.4) is 0 Å². The predicted octanol–water partition coefficient (Wildman–Crippen LogP) is 5.96. The smallest absolute Gasteiger partial charge is 0.305 e. The highest BCUT2D eigenvalue weighted by Crippen LogP contribution is 2.40. The van der Waals surface area contributed by atoms with Gasteiger partial charge in [-0.3, -0.25) is 4.79 Å². The second kappa shape index (κ2) is 8.56. The Morgan fingerprint density at radius 1 is 1.12 bits per heavy atom. The van der Waals surface area contributed by atoms with Crippen molar-refractivity contribution in [3.63, 3.8) is 0 Å². The molecule has 0 aliphatic carbocycles. The van der Waals surface area contributed by atoms with Crippen LogP contribution in [0.4, 0.5) is 0 Å². The van der Waals surface area contributed by atoms with Crippen LogP contribution >= 0.6 is 0 Å². The number of hydrogen-bond donors (Lipinski definition) is 0. The van der Waals surface area contributed by atoms with E-state index in [1.54, 1.807) is 0 Å². The number of ether oxygens (including phenoxy) is 4. The Balaban J connectivity index is 1.34. The highest BCUT2D eigenvalue weighted by Gasteiger charge is 2.26. The van der Waals surface area contributed by atoms with Gasteiger partial charge in [0.05, 0.1) is 6.61 Å². The summed E-state index contributed by atoms with van der Waals surface area (Å²) in [5, 5.41) is 0. The van der Waals surface area contributed by atoms with Crippen LogP contribution < -0.4 is 9.47 Å². The van der Waals surface area contributed by atoms with Gasteiger partial charge in [0.2, 0.25) is 6.29 Å². The maximum atomic E-state index is 11.2. The molecular weight excluding hydrogens is 416 g/mol. The summed E-state index contributed by atoms with van der Waals surface area (Å²) < 4.78 is 22.8. The van der Waals surface area contributed by atoms with E-state index in [1.807, 2.05) is 18.2 Å². The SMILES string of the molecule is CC(=O)O[C@@H]1OCc2cc(OCc3cccc(-c4c(C)cc5c(c4C)CC(C)O5)c3)ccc21. The van der Waals surface area contributed by atoms with Gasteiger partial charge >= 0.3 is 5.97 Å². The molecule has 0 saturated carbocycles. The number of rotatable bonds is 5. The van der Waals surface area contributed by atoms with E-state index >= 15 is 0 Å². The lowest BCUT2D eigenvalue weighted by Gasteiger charge is -2.15. The maximum absolute atomic E-state index is 11.2. The first-order valence-corrected chi connectivity index (χ1v) is 11.3. The molecule has 2 heterocycles. The Morgan fingerprint density at radius 2 is 1.97 bits per heavy atom. The van der Waals surface area contributed by atoms with Crippen molar-refractivity contribution in [3.8, 4) is 22.6 Å². The van der Waals surface area contributed by atoms with Crippen molar-refractivity contribution in [1.29, 1.82) is 0 Å². The van der Waals surface area contributed by atoms with Gasteiger partial charge in [0, 0.05) is 24.5 Å². The van der Waals surface area contributed by atoms with Crippen LogP contribution in [-0.2, 0) is 33.9 Å². The van der Waals surface area contributed by atoms with E-state index in [-0.39, 0.29) is 12.1 Å². The summed E-state index contributed by atoms with van der Waals surface area (Å²) >= 11 is 0. The molecule has 2 aliphatic heterocycles. The van der Waals surface area contributed by atoms with Crippen LogP contribution in [0.25, 0.3) is 11.1 Å². The van der Waals surface area contributed by atoms with Crippen molar-refractivity contribution < 1.29 is 23.7 Å². The lowest BCUT2D eigenvalue weighted by Crippen LogP contribution is -2.06. The Hall–Kier alpha value is -3.31. The highest BCUT2D eigenvalue weighted by atomic mass is 16.7. The molecule has 1 unspecified atom stereocenters. The van der Waals surface area contributed by atoms with Gasteiger partial charge in [0.1, 0.15) is 24.2 Å². The number of esters is 1. The van der Waals surface area contributed by atoms with Crippen molar-refractivity contribution in [3.05, 3.63) is 81.9 Å². The first kappa shape index (κ1) is 21.5. The van der Waals surface area contributed by atoms with Gasteiger partial charge in [0.25, 0.3) is 0 Å². The van der Waals surface area contributed by atoms with Crippen molar-refractivity contribution >= 4 is 5.97 Å². The molecule has 3 aromatic carbocycles. The standard InChI is InChI=1S/C28H28O5/c1-16-10-26-25(11-17(2)32-26)18(3)27(16)21-7-5-6-20(12-21)14-30-23-8-9-24-22(13-23)15-31-28(24)33-19(4)29/h5-10,12-13,17,28H,11,14-15H2,1-4H3/t17?,28-/m0/s1. The average Bonchev–Trinajstić information content (AvgIpc) is 3.35. The molecule has 2 aliphatic rings. The molecule has 3 aromatic rings. The molecule has 5 heteroatoms. The number of carbonyl (C=O) groups excluding carboxylic acids is 1. The first-order chi connectivity index (χ1) is 15.9. The fourth-order valence-electron chi connectivity index (χ4n) is 4.85. The minimum Gasteiger partial charge on any atom is -0.490 e. The van der Waals surface area contributed by atoms with E-state index in [4.69, 9.17) is 18.9 Å². The largest absolute Gasteiger partial charge is 0.490 e. The molecule has 5 rings (SSSR count). The van der Waals surface area contributed by atoms with Gasteiger partial charge in [-0.1, -0.05) is 18.2 Å². The van der Waals surface area contributed by atoms with Crippen LogP contribution in [0.2, 0.25) is 0 Å². The number of fused-ring (bicyclic) bond motifs is 2. The number of carbonyl (C=O) groups is 1. The molecule has 0 spiro atoms. The van der Waals surface area contributed by atoms with Gasteiger partial charge in [-0.05, 0) is 84.5 Å². The monoisotopic (exact) mass is 444 g/mol. The topological polar surface area (TPSA) is 54.0 Å². The Bertz CT molecular complexity index is 1230. The first-order valence-electron chi connectivity index (χ1n) is 11.3. The van der Waals surface area contributed by atoms with E-state index in [2.05, 4.69) is 51.1 Å². The van der Waals surface area contributed by atoms with E-state index in [9.17, 15) is 4.79 Å². The van der Waals surface area contributed by atoms with E-state index < -0.39 is 6.29 Å². The summed E-state index contributed by atoms with van der Waals surface area (Å²) in [6.07, 6.45) is 0.558. The minimum absolute atomic E-state index is 0.232. The molecule has 0 fully saturated rings. The predicted molar refractivity (Wildman–Crippen MR) is 125 cm³/mol. The number of hydrogen-bond acceptors (Lipinski definition) is 5. The summed E-state index contributed by atoms with van der Waals surface area (Å²) in [4.78, 5) is 11.2. The Labute approximate surface area is 194 Å². The molecule has 170 valence electrons.